The van der Waals surface area contributed by atoms with Gasteiger partial charge in [-0.1, -0.05) is 12.8 Å². The third kappa shape index (κ3) is 2.40. The zero-order valence-corrected chi connectivity index (χ0v) is 10.4. The molecule has 0 aromatic heterocycles. The number of nitrogens with one attached hydrogen (secondary N) is 1. The number of hydrogen-bond donors (Lipinski definition) is 1. The second kappa shape index (κ2) is 4.74. The van der Waals surface area contributed by atoms with E-state index in [4.69, 9.17) is 4.74 Å². The number of ether oxygens (including phenoxy) is 1. The van der Waals surface area contributed by atoms with Gasteiger partial charge in [0.2, 0.25) is 0 Å². The first kappa shape index (κ1) is 11.9. The molecule has 16 heavy (non-hydrogen) atoms. The molecule has 0 aliphatic heterocycles. The van der Waals surface area contributed by atoms with Gasteiger partial charge in [0.15, 0.2) is 0 Å². The van der Waals surface area contributed by atoms with Crippen LogP contribution in [0.2, 0.25) is 0 Å². The van der Waals surface area contributed by atoms with Crippen LogP contribution in [0.25, 0.3) is 0 Å². The molecule has 0 amide bonds. The van der Waals surface area contributed by atoms with Gasteiger partial charge in [-0.05, 0) is 45.4 Å². The van der Waals surface area contributed by atoms with Crippen molar-refractivity contribution in [2.24, 2.45) is 5.92 Å². The Morgan fingerprint density at radius 1 is 1.31 bits per heavy atom. The van der Waals surface area contributed by atoms with Crippen LogP contribution in [0.3, 0.4) is 0 Å². The van der Waals surface area contributed by atoms with Crippen molar-refractivity contribution in [2.75, 3.05) is 6.61 Å². The maximum absolute atomic E-state index is 12.0. The summed E-state index contributed by atoms with van der Waals surface area (Å²) in [5.41, 5.74) is -0.426. The fourth-order valence-electron chi connectivity index (χ4n) is 2.78. The van der Waals surface area contributed by atoms with Gasteiger partial charge in [-0.15, -0.1) is 0 Å². The molecule has 92 valence electrons. The van der Waals surface area contributed by atoms with Gasteiger partial charge < -0.3 is 4.74 Å². The van der Waals surface area contributed by atoms with Crippen LogP contribution < -0.4 is 5.32 Å². The Hall–Kier alpha value is -0.570. The minimum atomic E-state index is -0.426. The van der Waals surface area contributed by atoms with Crippen LogP contribution in [0, 0.1) is 5.92 Å². The standard InChI is InChI=1S/C13H23NO2/c1-3-16-12(15)13(2,10-8-9-10)14-11-6-4-5-7-11/h10-11,14H,3-9H2,1-2H3. The molecule has 0 aromatic carbocycles. The Kier molecular flexibility index (Phi) is 3.53. The SMILES string of the molecule is CCOC(=O)C(C)(NC1CCCC1)C1CC1. The van der Waals surface area contributed by atoms with E-state index in [2.05, 4.69) is 5.32 Å². The largest absolute Gasteiger partial charge is 0.465 e. The monoisotopic (exact) mass is 225 g/mol. The first-order chi connectivity index (χ1) is 7.66. The highest BCUT2D eigenvalue weighted by Gasteiger charge is 2.49. The van der Waals surface area contributed by atoms with Crippen molar-refractivity contribution in [2.45, 2.75) is 64.0 Å². The van der Waals surface area contributed by atoms with E-state index in [0.29, 0.717) is 18.6 Å². The van der Waals surface area contributed by atoms with Crippen molar-refractivity contribution in [3.8, 4) is 0 Å². The summed E-state index contributed by atoms with van der Waals surface area (Å²) in [6.07, 6.45) is 7.33. The van der Waals surface area contributed by atoms with Gasteiger partial charge in [-0.2, -0.15) is 0 Å². The van der Waals surface area contributed by atoms with Gasteiger partial charge in [-0.3, -0.25) is 10.1 Å². The molecule has 0 bridgehead atoms. The molecule has 3 nitrogen and oxygen atoms in total. The van der Waals surface area contributed by atoms with E-state index in [-0.39, 0.29) is 5.97 Å². The minimum absolute atomic E-state index is 0.0515. The third-order valence-corrected chi connectivity index (χ3v) is 3.95. The average molecular weight is 225 g/mol. The van der Waals surface area contributed by atoms with E-state index in [0.717, 1.165) is 12.8 Å². The van der Waals surface area contributed by atoms with Gasteiger partial charge in [0.05, 0.1) is 6.61 Å². The van der Waals surface area contributed by atoms with Crippen molar-refractivity contribution >= 4 is 5.97 Å². The highest BCUT2D eigenvalue weighted by molar-refractivity contribution is 5.81. The van der Waals surface area contributed by atoms with Crippen molar-refractivity contribution in [3.05, 3.63) is 0 Å². The molecule has 0 spiro atoms. The van der Waals surface area contributed by atoms with E-state index in [1.165, 1.54) is 25.7 Å². The zero-order valence-electron chi connectivity index (χ0n) is 10.4. The number of hydrogen-bond acceptors (Lipinski definition) is 3. The summed E-state index contributed by atoms with van der Waals surface area (Å²) in [6, 6.07) is 0.523. The summed E-state index contributed by atoms with van der Waals surface area (Å²) in [6.45, 7) is 4.38. The van der Waals surface area contributed by atoms with Crippen LogP contribution in [-0.4, -0.2) is 24.2 Å². The van der Waals surface area contributed by atoms with Gasteiger partial charge in [-0.25, -0.2) is 0 Å². The van der Waals surface area contributed by atoms with Crippen LogP contribution in [-0.2, 0) is 9.53 Å². The van der Waals surface area contributed by atoms with Gasteiger partial charge in [0.1, 0.15) is 5.54 Å². The summed E-state index contributed by atoms with van der Waals surface area (Å²) in [5.74, 6) is 0.441. The number of esters is 1. The topological polar surface area (TPSA) is 38.3 Å². The second-order valence-corrected chi connectivity index (χ2v) is 5.32. The quantitative estimate of drug-likeness (QED) is 0.729. The smallest absolute Gasteiger partial charge is 0.326 e. The fourth-order valence-corrected chi connectivity index (χ4v) is 2.78. The Labute approximate surface area is 97.9 Å². The zero-order chi connectivity index (χ0) is 11.6. The molecule has 0 heterocycles. The maximum Gasteiger partial charge on any atom is 0.326 e. The van der Waals surface area contributed by atoms with Gasteiger partial charge >= 0.3 is 5.97 Å². The predicted molar refractivity (Wildman–Crippen MR) is 63.2 cm³/mol. The first-order valence-corrected chi connectivity index (χ1v) is 6.61. The summed E-state index contributed by atoms with van der Waals surface area (Å²) in [5, 5.41) is 3.56. The molecular formula is C13H23NO2. The molecule has 1 atom stereocenters. The molecule has 2 saturated carbocycles. The Bertz CT molecular complexity index is 257. The highest BCUT2D eigenvalue weighted by atomic mass is 16.5. The highest BCUT2D eigenvalue weighted by Crippen LogP contribution is 2.41. The molecule has 0 aromatic rings. The molecule has 2 aliphatic rings. The lowest BCUT2D eigenvalue weighted by Gasteiger charge is -2.31. The van der Waals surface area contributed by atoms with Crippen LogP contribution in [0.15, 0.2) is 0 Å². The molecule has 1 N–H and O–H groups in total. The van der Waals surface area contributed by atoms with Gasteiger partial charge in [0.25, 0.3) is 0 Å². The first-order valence-electron chi connectivity index (χ1n) is 6.61. The van der Waals surface area contributed by atoms with Crippen LogP contribution >= 0.6 is 0 Å². The van der Waals surface area contributed by atoms with Crippen LogP contribution in [0.4, 0.5) is 0 Å². The van der Waals surface area contributed by atoms with E-state index >= 15 is 0 Å². The van der Waals surface area contributed by atoms with Crippen molar-refractivity contribution < 1.29 is 9.53 Å². The van der Waals surface area contributed by atoms with E-state index in [9.17, 15) is 4.79 Å². The summed E-state index contributed by atoms with van der Waals surface area (Å²) >= 11 is 0. The Morgan fingerprint density at radius 3 is 2.44 bits per heavy atom. The molecule has 3 heteroatoms. The lowest BCUT2D eigenvalue weighted by Crippen LogP contribution is -2.55. The maximum atomic E-state index is 12.0. The van der Waals surface area contributed by atoms with Crippen molar-refractivity contribution in [3.63, 3.8) is 0 Å². The third-order valence-electron chi connectivity index (χ3n) is 3.95. The van der Waals surface area contributed by atoms with E-state index in [1.54, 1.807) is 0 Å². The van der Waals surface area contributed by atoms with Crippen LogP contribution in [0.5, 0.6) is 0 Å². The number of carbonyl (C=O) groups excluding carboxylic acids is 1. The summed E-state index contributed by atoms with van der Waals surface area (Å²) < 4.78 is 5.22. The predicted octanol–water partition coefficient (Wildman–Crippen LogP) is 2.25. The Balaban J connectivity index is 1.99. The lowest BCUT2D eigenvalue weighted by atomic mass is 9.94. The van der Waals surface area contributed by atoms with E-state index < -0.39 is 5.54 Å². The number of rotatable bonds is 5. The van der Waals surface area contributed by atoms with Crippen molar-refractivity contribution in [1.82, 2.24) is 5.32 Å². The summed E-state index contributed by atoms with van der Waals surface area (Å²) in [4.78, 5) is 12.0. The molecule has 0 radical (unpaired) electrons. The molecule has 2 rings (SSSR count). The minimum Gasteiger partial charge on any atom is -0.465 e. The average Bonchev–Trinajstić information content (AvgIpc) is 3.00. The Morgan fingerprint density at radius 2 is 1.94 bits per heavy atom. The summed E-state index contributed by atoms with van der Waals surface area (Å²) in [7, 11) is 0. The van der Waals surface area contributed by atoms with E-state index in [1.807, 2.05) is 13.8 Å². The molecular weight excluding hydrogens is 202 g/mol. The molecule has 2 fully saturated rings. The molecule has 1 unspecified atom stereocenters. The van der Waals surface area contributed by atoms with Crippen LogP contribution in [0.1, 0.15) is 52.4 Å². The normalized spacial score (nSPS) is 25.4. The van der Waals surface area contributed by atoms with Gasteiger partial charge in [0, 0.05) is 6.04 Å². The second-order valence-electron chi connectivity index (χ2n) is 5.32. The fraction of sp³-hybridized carbons (Fsp3) is 0.923. The molecule has 0 saturated heterocycles. The lowest BCUT2D eigenvalue weighted by molar-refractivity contribution is -0.152. The van der Waals surface area contributed by atoms with Crippen molar-refractivity contribution in [1.29, 1.82) is 0 Å². The molecule has 2 aliphatic carbocycles. The number of carbonyl (C=O) groups is 1.